The zero-order valence-electron chi connectivity index (χ0n) is 20.1. The Balaban J connectivity index is 1.30. The minimum atomic E-state index is -0.457. The molecule has 1 aliphatic carbocycles. The van der Waals surface area contributed by atoms with Gasteiger partial charge in [0.05, 0.1) is 34.0 Å². The molecule has 0 aliphatic heterocycles. The lowest BCUT2D eigenvalue weighted by atomic mass is 9.85. The Morgan fingerprint density at radius 1 is 0.974 bits per heavy atom. The third kappa shape index (κ3) is 3.69. The molecule has 186 valence electrons. The summed E-state index contributed by atoms with van der Waals surface area (Å²) in [5.41, 5.74) is 5.22. The number of nitrogens with zero attached hydrogens (tertiary/aromatic N) is 5. The summed E-state index contributed by atoms with van der Waals surface area (Å²) in [5, 5.41) is 10.5. The zero-order chi connectivity index (χ0) is 25.6. The predicted molar refractivity (Wildman–Crippen MR) is 141 cm³/mol. The summed E-state index contributed by atoms with van der Waals surface area (Å²) in [5.74, 6) is -0.0205. The number of H-pyrrole nitrogens is 2. The van der Waals surface area contributed by atoms with Gasteiger partial charge in [0.1, 0.15) is 17.0 Å². The van der Waals surface area contributed by atoms with Crippen molar-refractivity contribution in [1.29, 1.82) is 0 Å². The first-order chi connectivity index (χ1) is 18.7. The summed E-state index contributed by atoms with van der Waals surface area (Å²) in [6, 6.07) is 10.8. The van der Waals surface area contributed by atoms with E-state index in [-0.39, 0.29) is 11.8 Å². The fraction of sp³-hybridized carbons (Fsp3) is 0.143. The van der Waals surface area contributed by atoms with Gasteiger partial charge in [0, 0.05) is 47.4 Å². The fourth-order valence-electron chi connectivity index (χ4n) is 4.80. The quantitative estimate of drug-likeness (QED) is 0.285. The van der Waals surface area contributed by atoms with Crippen LogP contribution in [0.4, 0.5) is 10.1 Å². The number of amides is 1. The van der Waals surface area contributed by atoms with Crippen molar-refractivity contribution < 1.29 is 9.18 Å². The fourth-order valence-corrected chi connectivity index (χ4v) is 4.80. The highest BCUT2D eigenvalue weighted by Gasteiger charge is 2.25. The normalized spacial score (nSPS) is 13.6. The van der Waals surface area contributed by atoms with Gasteiger partial charge < -0.3 is 10.3 Å². The van der Waals surface area contributed by atoms with Gasteiger partial charge in [-0.15, -0.1) is 0 Å². The molecule has 5 aromatic heterocycles. The Hall–Kier alpha value is -4.99. The second-order valence-electron chi connectivity index (χ2n) is 9.38. The summed E-state index contributed by atoms with van der Waals surface area (Å²) in [6.07, 6.45) is 11.1. The average Bonchev–Trinajstić information content (AvgIpc) is 3.53. The topological polar surface area (TPSA) is 125 Å². The first-order valence-corrected chi connectivity index (χ1v) is 12.3. The van der Waals surface area contributed by atoms with Crippen LogP contribution in [0.5, 0.6) is 0 Å². The number of nitrogens with one attached hydrogen (secondary N) is 3. The van der Waals surface area contributed by atoms with Crippen LogP contribution in [0.25, 0.3) is 55.8 Å². The van der Waals surface area contributed by atoms with Crippen LogP contribution in [-0.2, 0) is 4.79 Å². The van der Waals surface area contributed by atoms with E-state index in [1.165, 1.54) is 0 Å². The van der Waals surface area contributed by atoms with Crippen molar-refractivity contribution in [2.75, 3.05) is 5.32 Å². The van der Waals surface area contributed by atoms with E-state index in [1.54, 1.807) is 49.2 Å². The maximum absolute atomic E-state index is 16.1. The van der Waals surface area contributed by atoms with Gasteiger partial charge in [-0.25, -0.2) is 9.37 Å². The van der Waals surface area contributed by atoms with Crippen molar-refractivity contribution in [1.82, 2.24) is 35.1 Å². The molecule has 1 amide bonds. The first kappa shape index (κ1) is 22.2. The minimum absolute atomic E-state index is 0.0201. The summed E-state index contributed by atoms with van der Waals surface area (Å²) in [6.45, 7) is 0. The smallest absolute Gasteiger partial charge is 0.227 e. The molecule has 0 bridgehead atoms. The van der Waals surface area contributed by atoms with Crippen LogP contribution in [0.15, 0.2) is 67.4 Å². The molecule has 10 heteroatoms. The van der Waals surface area contributed by atoms with Crippen molar-refractivity contribution in [3.63, 3.8) is 0 Å². The Labute approximate surface area is 215 Å². The molecule has 0 atom stereocenters. The van der Waals surface area contributed by atoms with Crippen LogP contribution >= 0.6 is 0 Å². The molecular formula is C28H21FN8O. The van der Waals surface area contributed by atoms with Gasteiger partial charge in [-0.3, -0.25) is 24.8 Å². The van der Waals surface area contributed by atoms with Crippen LogP contribution < -0.4 is 5.32 Å². The number of pyridine rings is 3. The molecule has 5 heterocycles. The molecule has 3 N–H and O–H groups in total. The van der Waals surface area contributed by atoms with Crippen LogP contribution in [0.2, 0.25) is 0 Å². The number of anilines is 1. The lowest BCUT2D eigenvalue weighted by molar-refractivity contribution is -0.122. The zero-order valence-corrected chi connectivity index (χ0v) is 20.1. The largest absolute Gasteiger partial charge is 0.336 e. The van der Waals surface area contributed by atoms with Crippen molar-refractivity contribution in [2.24, 2.45) is 5.92 Å². The van der Waals surface area contributed by atoms with Crippen molar-refractivity contribution >= 4 is 33.5 Å². The third-order valence-electron chi connectivity index (χ3n) is 7.02. The summed E-state index contributed by atoms with van der Waals surface area (Å²) >= 11 is 0. The molecule has 0 radical (unpaired) electrons. The van der Waals surface area contributed by atoms with Gasteiger partial charge in [0.25, 0.3) is 0 Å². The van der Waals surface area contributed by atoms with Crippen LogP contribution in [0.3, 0.4) is 0 Å². The van der Waals surface area contributed by atoms with Crippen molar-refractivity contribution in [3.8, 4) is 33.9 Å². The molecule has 6 aromatic rings. The summed E-state index contributed by atoms with van der Waals surface area (Å²) in [4.78, 5) is 33.3. The Morgan fingerprint density at radius 2 is 1.87 bits per heavy atom. The average molecular weight is 505 g/mol. The molecule has 38 heavy (non-hydrogen) atoms. The number of carbonyl (C=O) groups excluding carboxylic acids is 1. The minimum Gasteiger partial charge on any atom is -0.336 e. The lowest BCUT2D eigenvalue weighted by Gasteiger charge is -2.24. The number of fused-ring (bicyclic) bond motifs is 2. The van der Waals surface area contributed by atoms with Crippen molar-refractivity contribution in [2.45, 2.75) is 19.3 Å². The number of hydrogen-bond donors (Lipinski definition) is 3. The second kappa shape index (κ2) is 8.84. The molecule has 0 spiro atoms. The van der Waals surface area contributed by atoms with Crippen LogP contribution in [-0.4, -0.2) is 41.0 Å². The molecular weight excluding hydrogens is 483 g/mol. The summed E-state index contributed by atoms with van der Waals surface area (Å²) in [7, 11) is 0. The lowest BCUT2D eigenvalue weighted by Crippen LogP contribution is -2.28. The van der Waals surface area contributed by atoms with Crippen LogP contribution in [0, 0.1) is 11.7 Å². The van der Waals surface area contributed by atoms with E-state index in [1.807, 2.05) is 18.2 Å². The number of hydrogen-bond acceptors (Lipinski definition) is 6. The predicted octanol–water partition coefficient (Wildman–Crippen LogP) is 5.50. The molecule has 1 fully saturated rings. The summed E-state index contributed by atoms with van der Waals surface area (Å²) < 4.78 is 16.1. The van der Waals surface area contributed by atoms with E-state index in [4.69, 9.17) is 4.98 Å². The number of halogens is 1. The second-order valence-corrected chi connectivity index (χ2v) is 9.38. The van der Waals surface area contributed by atoms with Gasteiger partial charge in [0.15, 0.2) is 5.82 Å². The van der Waals surface area contributed by atoms with Gasteiger partial charge in [-0.05, 0) is 49.2 Å². The van der Waals surface area contributed by atoms with Gasteiger partial charge in [-0.1, -0.05) is 6.42 Å². The third-order valence-corrected chi connectivity index (χ3v) is 7.02. The Kier molecular flexibility index (Phi) is 5.17. The molecule has 7 rings (SSSR count). The van der Waals surface area contributed by atoms with E-state index >= 15 is 4.39 Å². The molecule has 1 aliphatic rings. The Bertz CT molecular complexity index is 1820. The number of imidazole rings is 1. The van der Waals surface area contributed by atoms with Crippen molar-refractivity contribution in [3.05, 3.63) is 73.2 Å². The maximum Gasteiger partial charge on any atom is 0.227 e. The molecule has 0 unspecified atom stereocenters. The number of aromatic amines is 2. The molecule has 0 saturated heterocycles. The SMILES string of the molecule is O=C(Nc1cncc(-c2ccc3[nH]nc(-c4nc5c(-c6cccnc6)nccc5[nH]4)c3c2F)c1)C1CCC1. The Morgan fingerprint density at radius 3 is 2.68 bits per heavy atom. The standard InChI is InChI=1S/C28H21FN8O/c29-23-19(17-11-18(14-31-13-17)33-28(38)15-3-1-4-15)6-7-20-22(23)26(37-36-20)27-34-21-8-10-32-24(25(21)35-27)16-5-2-9-30-12-16/h2,5-15H,1,3-4H2,(H,33,38)(H,34,35)(H,36,37). The molecule has 9 nitrogen and oxygen atoms in total. The number of benzene rings is 1. The monoisotopic (exact) mass is 504 g/mol. The van der Waals surface area contributed by atoms with E-state index in [9.17, 15) is 4.79 Å². The van der Waals surface area contributed by atoms with Gasteiger partial charge in [0.2, 0.25) is 5.91 Å². The highest BCUT2D eigenvalue weighted by atomic mass is 19.1. The van der Waals surface area contributed by atoms with E-state index in [0.29, 0.717) is 50.4 Å². The highest BCUT2D eigenvalue weighted by Crippen LogP contribution is 2.35. The van der Waals surface area contributed by atoms with Gasteiger partial charge in [-0.2, -0.15) is 5.10 Å². The molecule has 1 aromatic carbocycles. The number of carbonyl (C=O) groups is 1. The van der Waals surface area contributed by atoms with E-state index < -0.39 is 5.82 Å². The maximum atomic E-state index is 16.1. The highest BCUT2D eigenvalue weighted by molar-refractivity contribution is 5.98. The van der Waals surface area contributed by atoms with Crippen LogP contribution in [0.1, 0.15) is 19.3 Å². The van der Waals surface area contributed by atoms with E-state index in [0.717, 1.165) is 30.3 Å². The number of rotatable bonds is 5. The first-order valence-electron chi connectivity index (χ1n) is 12.3. The number of aromatic nitrogens is 7. The molecule has 1 saturated carbocycles. The van der Waals surface area contributed by atoms with E-state index in [2.05, 4.69) is 35.5 Å². The van der Waals surface area contributed by atoms with Gasteiger partial charge >= 0.3 is 0 Å².